The maximum absolute atomic E-state index is 10.9. The van der Waals surface area contributed by atoms with Gasteiger partial charge in [-0.3, -0.25) is 4.90 Å². The van der Waals surface area contributed by atoms with Crippen molar-refractivity contribution in [1.82, 2.24) is 9.88 Å². The predicted octanol–water partition coefficient (Wildman–Crippen LogP) is 2.22. The smallest absolute Gasteiger partial charge is 0.355 e. The number of thiazole rings is 1. The molecule has 1 fully saturated rings. The second-order valence-corrected chi connectivity index (χ2v) is 5.18. The number of rotatable bonds is 3. The van der Waals surface area contributed by atoms with E-state index in [4.69, 9.17) is 5.11 Å². The topological polar surface area (TPSA) is 53.4 Å². The first-order valence-corrected chi connectivity index (χ1v) is 6.46. The summed E-state index contributed by atoms with van der Waals surface area (Å²) >= 11 is 1.44. The molecule has 0 radical (unpaired) electrons. The van der Waals surface area contributed by atoms with Gasteiger partial charge in [0, 0.05) is 12.6 Å². The Morgan fingerprint density at radius 2 is 2.50 bits per heavy atom. The van der Waals surface area contributed by atoms with Gasteiger partial charge in [0.05, 0.1) is 10.4 Å². The number of piperidine rings is 1. The molecule has 1 aromatic rings. The summed E-state index contributed by atoms with van der Waals surface area (Å²) in [5.41, 5.74) is 1.84. The standard InChI is InChI=1S/C11H16N2O2S/c1-8-4-2-3-5-13(8)6-9-10(11(14)15)12-7-16-9/h7-8H,2-6H2,1H3,(H,14,15). The van der Waals surface area contributed by atoms with E-state index in [9.17, 15) is 4.79 Å². The number of hydrogen-bond donors (Lipinski definition) is 1. The van der Waals surface area contributed by atoms with E-state index in [0.29, 0.717) is 6.04 Å². The van der Waals surface area contributed by atoms with Crippen LogP contribution in [0.3, 0.4) is 0 Å². The highest BCUT2D eigenvalue weighted by Gasteiger charge is 2.22. The van der Waals surface area contributed by atoms with Crippen LogP contribution < -0.4 is 0 Å². The zero-order valence-corrected chi connectivity index (χ0v) is 10.2. The molecule has 5 heteroatoms. The Kier molecular flexibility index (Phi) is 3.56. The second-order valence-electron chi connectivity index (χ2n) is 4.24. The van der Waals surface area contributed by atoms with Gasteiger partial charge in [0.15, 0.2) is 5.69 Å². The number of nitrogens with zero attached hydrogens (tertiary/aromatic N) is 2. The zero-order chi connectivity index (χ0) is 11.5. The predicted molar refractivity (Wildman–Crippen MR) is 62.8 cm³/mol. The summed E-state index contributed by atoms with van der Waals surface area (Å²) in [6.07, 6.45) is 3.71. The summed E-state index contributed by atoms with van der Waals surface area (Å²) in [5, 5.41) is 8.98. The van der Waals surface area contributed by atoms with Crippen molar-refractivity contribution >= 4 is 17.3 Å². The first-order chi connectivity index (χ1) is 7.68. The van der Waals surface area contributed by atoms with E-state index in [2.05, 4.69) is 16.8 Å². The van der Waals surface area contributed by atoms with Crippen molar-refractivity contribution in [2.45, 2.75) is 38.8 Å². The molecule has 0 spiro atoms. The SMILES string of the molecule is CC1CCCCN1Cc1scnc1C(=O)O. The van der Waals surface area contributed by atoms with E-state index >= 15 is 0 Å². The second kappa shape index (κ2) is 4.93. The van der Waals surface area contributed by atoms with Gasteiger partial charge in [-0.15, -0.1) is 11.3 Å². The average molecular weight is 240 g/mol. The van der Waals surface area contributed by atoms with Gasteiger partial charge in [-0.25, -0.2) is 9.78 Å². The normalized spacial score (nSPS) is 22.2. The first kappa shape index (κ1) is 11.5. The van der Waals surface area contributed by atoms with Crippen LogP contribution in [0.25, 0.3) is 0 Å². The van der Waals surface area contributed by atoms with Crippen LogP contribution in [-0.4, -0.2) is 33.5 Å². The van der Waals surface area contributed by atoms with Gasteiger partial charge in [-0.2, -0.15) is 0 Å². The van der Waals surface area contributed by atoms with Crippen LogP contribution >= 0.6 is 11.3 Å². The van der Waals surface area contributed by atoms with E-state index in [-0.39, 0.29) is 5.69 Å². The molecule has 0 amide bonds. The van der Waals surface area contributed by atoms with E-state index in [1.807, 2.05) is 0 Å². The number of carboxylic acids is 1. The molecule has 1 saturated heterocycles. The molecule has 0 bridgehead atoms. The minimum absolute atomic E-state index is 0.225. The van der Waals surface area contributed by atoms with Crippen LogP contribution in [0.5, 0.6) is 0 Å². The zero-order valence-electron chi connectivity index (χ0n) is 9.35. The molecule has 1 aliphatic rings. The molecule has 0 saturated carbocycles. The van der Waals surface area contributed by atoms with Crippen LogP contribution in [0.2, 0.25) is 0 Å². The van der Waals surface area contributed by atoms with Gasteiger partial charge in [0.25, 0.3) is 0 Å². The highest BCUT2D eigenvalue weighted by atomic mass is 32.1. The summed E-state index contributed by atoms with van der Waals surface area (Å²) < 4.78 is 0. The van der Waals surface area contributed by atoms with Crippen molar-refractivity contribution in [2.24, 2.45) is 0 Å². The van der Waals surface area contributed by atoms with E-state index in [1.54, 1.807) is 5.51 Å². The van der Waals surface area contributed by atoms with Crippen molar-refractivity contribution in [1.29, 1.82) is 0 Å². The van der Waals surface area contributed by atoms with Gasteiger partial charge >= 0.3 is 5.97 Å². The fourth-order valence-electron chi connectivity index (χ4n) is 2.13. The quantitative estimate of drug-likeness (QED) is 0.880. The molecule has 1 atom stereocenters. The highest BCUT2D eigenvalue weighted by molar-refractivity contribution is 7.09. The molecule has 2 rings (SSSR count). The lowest BCUT2D eigenvalue weighted by atomic mass is 10.0. The Hall–Kier alpha value is -0.940. The highest BCUT2D eigenvalue weighted by Crippen LogP contribution is 2.22. The Labute approximate surface area is 98.9 Å². The van der Waals surface area contributed by atoms with Crippen LogP contribution in [0.4, 0.5) is 0 Å². The van der Waals surface area contributed by atoms with E-state index < -0.39 is 5.97 Å². The first-order valence-electron chi connectivity index (χ1n) is 5.58. The van der Waals surface area contributed by atoms with E-state index in [0.717, 1.165) is 18.0 Å². The number of carboxylic acid groups (broad SMARTS) is 1. The Balaban J connectivity index is 2.07. The summed E-state index contributed by atoms with van der Waals surface area (Å²) in [6.45, 7) is 4.01. The molecular formula is C11H16N2O2S. The third-order valence-corrected chi connectivity index (χ3v) is 3.95. The molecule has 4 nitrogen and oxygen atoms in total. The molecule has 88 valence electrons. The third-order valence-electron chi connectivity index (χ3n) is 3.13. The summed E-state index contributed by atoms with van der Waals surface area (Å²) in [7, 11) is 0. The monoisotopic (exact) mass is 240 g/mol. The van der Waals surface area contributed by atoms with Crippen LogP contribution in [0, 0.1) is 0 Å². The summed E-state index contributed by atoms with van der Waals surface area (Å²) in [5.74, 6) is -0.916. The lowest BCUT2D eigenvalue weighted by Gasteiger charge is -2.32. The number of aromatic nitrogens is 1. The number of carbonyl (C=O) groups is 1. The van der Waals surface area contributed by atoms with Crippen molar-refractivity contribution in [3.05, 3.63) is 16.1 Å². The maximum atomic E-state index is 10.9. The van der Waals surface area contributed by atoms with Gasteiger partial charge in [0.2, 0.25) is 0 Å². The molecule has 1 aromatic heterocycles. The number of aromatic carboxylic acids is 1. The van der Waals surface area contributed by atoms with Gasteiger partial charge in [-0.05, 0) is 26.3 Å². The van der Waals surface area contributed by atoms with Crippen molar-refractivity contribution in [3.8, 4) is 0 Å². The van der Waals surface area contributed by atoms with Crippen molar-refractivity contribution < 1.29 is 9.90 Å². The largest absolute Gasteiger partial charge is 0.476 e. The molecule has 2 heterocycles. The Bertz CT molecular complexity index is 378. The minimum Gasteiger partial charge on any atom is -0.476 e. The number of likely N-dealkylation sites (tertiary alicyclic amines) is 1. The molecule has 16 heavy (non-hydrogen) atoms. The number of hydrogen-bond acceptors (Lipinski definition) is 4. The Morgan fingerprint density at radius 1 is 1.69 bits per heavy atom. The fourth-order valence-corrected chi connectivity index (χ4v) is 2.91. The van der Waals surface area contributed by atoms with Gasteiger partial charge < -0.3 is 5.11 Å². The van der Waals surface area contributed by atoms with Crippen molar-refractivity contribution in [3.63, 3.8) is 0 Å². The molecule has 0 aliphatic carbocycles. The lowest BCUT2D eigenvalue weighted by molar-refractivity contribution is 0.0687. The maximum Gasteiger partial charge on any atom is 0.355 e. The van der Waals surface area contributed by atoms with E-state index in [1.165, 1.54) is 30.6 Å². The minimum atomic E-state index is -0.916. The van der Waals surface area contributed by atoms with Crippen LogP contribution in [0.1, 0.15) is 41.6 Å². The Morgan fingerprint density at radius 3 is 3.19 bits per heavy atom. The van der Waals surface area contributed by atoms with Crippen LogP contribution in [-0.2, 0) is 6.54 Å². The average Bonchev–Trinajstić information content (AvgIpc) is 2.69. The molecule has 1 N–H and O–H groups in total. The van der Waals surface area contributed by atoms with Crippen molar-refractivity contribution in [2.75, 3.05) is 6.54 Å². The lowest BCUT2D eigenvalue weighted by Crippen LogP contribution is -2.36. The van der Waals surface area contributed by atoms with Gasteiger partial charge in [-0.1, -0.05) is 6.42 Å². The molecule has 1 aliphatic heterocycles. The summed E-state index contributed by atoms with van der Waals surface area (Å²) in [6, 6.07) is 0.553. The third kappa shape index (κ3) is 2.41. The molecule has 1 unspecified atom stereocenters. The fraction of sp³-hybridized carbons (Fsp3) is 0.636. The van der Waals surface area contributed by atoms with Gasteiger partial charge in [0.1, 0.15) is 0 Å². The van der Waals surface area contributed by atoms with Crippen LogP contribution in [0.15, 0.2) is 5.51 Å². The molecule has 0 aromatic carbocycles. The molecular weight excluding hydrogens is 224 g/mol. The summed E-state index contributed by atoms with van der Waals surface area (Å²) in [4.78, 5) is 18.1.